The van der Waals surface area contributed by atoms with Crippen molar-refractivity contribution in [1.82, 2.24) is 9.88 Å². The van der Waals surface area contributed by atoms with Crippen molar-refractivity contribution in [1.29, 1.82) is 0 Å². The number of aryl methyl sites for hydroxylation is 2. The number of likely N-dealkylation sites (tertiary alicyclic amines) is 1. The Balaban J connectivity index is 1.71. The van der Waals surface area contributed by atoms with Crippen LogP contribution in [0.2, 0.25) is 0 Å². The largest absolute Gasteiger partial charge is 0.341 e. The molecule has 4 nitrogen and oxygen atoms in total. The first kappa shape index (κ1) is 13.5. The minimum Gasteiger partial charge on any atom is -0.341 e. The molecule has 5 heteroatoms. The van der Waals surface area contributed by atoms with E-state index < -0.39 is 0 Å². The highest BCUT2D eigenvalue weighted by atomic mass is 32.1. The first-order chi connectivity index (χ1) is 8.65. The molecule has 1 aliphatic rings. The van der Waals surface area contributed by atoms with E-state index in [-0.39, 0.29) is 11.9 Å². The molecule has 2 rings (SSSR count). The lowest BCUT2D eigenvalue weighted by Gasteiger charge is -2.30. The lowest BCUT2D eigenvalue weighted by molar-refractivity contribution is -0.132. The zero-order valence-corrected chi connectivity index (χ0v) is 11.7. The summed E-state index contributed by atoms with van der Waals surface area (Å²) in [4.78, 5) is 18.3. The third-order valence-corrected chi connectivity index (χ3v) is 4.12. The van der Waals surface area contributed by atoms with Crippen LogP contribution in [0.15, 0.2) is 5.38 Å². The van der Waals surface area contributed by atoms with Crippen LogP contribution in [-0.4, -0.2) is 34.9 Å². The molecule has 0 aliphatic carbocycles. The topological polar surface area (TPSA) is 59.2 Å². The smallest absolute Gasteiger partial charge is 0.222 e. The average molecular weight is 267 g/mol. The molecule has 1 amide bonds. The van der Waals surface area contributed by atoms with E-state index in [2.05, 4.69) is 10.4 Å². The standard InChI is InChI=1S/C13H21N3OS/c1-10-15-12(9-18-10)5-2-6-13(17)16-7-3-4-11(14)8-16/h9,11H,2-8,14H2,1H3. The molecule has 0 spiro atoms. The van der Waals surface area contributed by atoms with Crippen LogP contribution in [0.5, 0.6) is 0 Å². The van der Waals surface area contributed by atoms with Crippen LogP contribution in [0.25, 0.3) is 0 Å². The molecule has 0 radical (unpaired) electrons. The molecule has 100 valence electrons. The van der Waals surface area contributed by atoms with Gasteiger partial charge in [0.05, 0.1) is 10.7 Å². The third-order valence-electron chi connectivity index (χ3n) is 3.30. The van der Waals surface area contributed by atoms with Crippen LogP contribution in [0.1, 0.15) is 36.4 Å². The number of carbonyl (C=O) groups excluding carboxylic acids is 1. The number of rotatable bonds is 4. The molecule has 1 aliphatic heterocycles. The molecule has 1 unspecified atom stereocenters. The molecule has 1 saturated heterocycles. The van der Waals surface area contributed by atoms with Crippen LogP contribution in [0.4, 0.5) is 0 Å². The Morgan fingerprint density at radius 2 is 2.50 bits per heavy atom. The van der Waals surface area contributed by atoms with E-state index >= 15 is 0 Å². The van der Waals surface area contributed by atoms with Crippen LogP contribution in [-0.2, 0) is 11.2 Å². The van der Waals surface area contributed by atoms with Crippen molar-refractivity contribution < 1.29 is 4.79 Å². The summed E-state index contributed by atoms with van der Waals surface area (Å²) in [5.74, 6) is 0.247. The second-order valence-electron chi connectivity index (χ2n) is 4.95. The van der Waals surface area contributed by atoms with Crippen molar-refractivity contribution >= 4 is 17.2 Å². The minimum atomic E-state index is 0.170. The molecule has 0 bridgehead atoms. The highest BCUT2D eigenvalue weighted by molar-refractivity contribution is 7.09. The summed E-state index contributed by atoms with van der Waals surface area (Å²) in [5, 5.41) is 3.18. The van der Waals surface area contributed by atoms with Gasteiger partial charge in [-0.1, -0.05) is 0 Å². The van der Waals surface area contributed by atoms with Crippen molar-refractivity contribution in [3.8, 4) is 0 Å². The number of hydrogen-bond acceptors (Lipinski definition) is 4. The Morgan fingerprint density at radius 3 is 3.17 bits per heavy atom. The van der Waals surface area contributed by atoms with E-state index in [4.69, 9.17) is 5.73 Å². The van der Waals surface area contributed by atoms with E-state index in [0.717, 1.165) is 49.5 Å². The fourth-order valence-corrected chi connectivity index (χ4v) is 2.99. The summed E-state index contributed by atoms with van der Waals surface area (Å²) in [6.45, 7) is 3.62. The quantitative estimate of drug-likeness (QED) is 0.903. The molecule has 0 saturated carbocycles. The average Bonchev–Trinajstić information content (AvgIpc) is 2.75. The molecule has 1 aromatic rings. The van der Waals surface area contributed by atoms with Gasteiger partial charge in [-0.25, -0.2) is 4.98 Å². The molecule has 0 aromatic carbocycles. The van der Waals surface area contributed by atoms with Crippen LogP contribution in [0, 0.1) is 6.92 Å². The fraction of sp³-hybridized carbons (Fsp3) is 0.692. The van der Waals surface area contributed by atoms with Gasteiger partial charge >= 0.3 is 0 Å². The summed E-state index contributed by atoms with van der Waals surface area (Å²) < 4.78 is 0. The van der Waals surface area contributed by atoms with E-state index in [0.29, 0.717) is 6.42 Å². The number of carbonyl (C=O) groups is 1. The van der Waals surface area contributed by atoms with Gasteiger partial charge < -0.3 is 10.6 Å². The lowest BCUT2D eigenvalue weighted by Crippen LogP contribution is -2.45. The van der Waals surface area contributed by atoms with E-state index in [1.165, 1.54) is 0 Å². The van der Waals surface area contributed by atoms with Gasteiger partial charge in [-0.15, -0.1) is 11.3 Å². The first-order valence-electron chi connectivity index (χ1n) is 6.59. The SMILES string of the molecule is Cc1nc(CCCC(=O)N2CCCC(N)C2)cs1. The number of nitrogens with two attached hydrogens (primary N) is 1. The first-order valence-corrected chi connectivity index (χ1v) is 7.47. The van der Waals surface area contributed by atoms with Crippen LogP contribution >= 0.6 is 11.3 Å². The maximum Gasteiger partial charge on any atom is 0.222 e. The predicted molar refractivity (Wildman–Crippen MR) is 73.6 cm³/mol. The third kappa shape index (κ3) is 3.78. The van der Waals surface area contributed by atoms with E-state index in [1.54, 1.807) is 11.3 Å². The maximum absolute atomic E-state index is 12.0. The zero-order chi connectivity index (χ0) is 13.0. The van der Waals surface area contributed by atoms with Gasteiger partial charge in [0, 0.05) is 30.9 Å². The monoisotopic (exact) mass is 267 g/mol. The molecule has 18 heavy (non-hydrogen) atoms. The second-order valence-corrected chi connectivity index (χ2v) is 6.02. The Morgan fingerprint density at radius 1 is 1.67 bits per heavy atom. The molecule has 1 fully saturated rings. The van der Waals surface area contributed by atoms with E-state index in [1.807, 2.05) is 11.8 Å². The zero-order valence-electron chi connectivity index (χ0n) is 10.9. The van der Waals surface area contributed by atoms with Gasteiger partial charge in [0.15, 0.2) is 0 Å². The molecular formula is C13H21N3OS. The molecule has 1 atom stereocenters. The van der Waals surface area contributed by atoms with Gasteiger partial charge in [-0.2, -0.15) is 0 Å². The van der Waals surface area contributed by atoms with Crippen molar-refractivity contribution in [3.63, 3.8) is 0 Å². The van der Waals surface area contributed by atoms with Crippen molar-refractivity contribution in [2.75, 3.05) is 13.1 Å². The summed E-state index contributed by atoms with van der Waals surface area (Å²) in [7, 11) is 0. The Bertz CT molecular complexity index is 405. The Labute approximate surface area is 112 Å². The number of piperidine rings is 1. The highest BCUT2D eigenvalue weighted by Gasteiger charge is 2.20. The van der Waals surface area contributed by atoms with Gasteiger partial charge in [-0.05, 0) is 32.6 Å². The fourth-order valence-electron chi connectivity index (χ4n) is 2.34. The van der Waals surface area contributed by atoms with Gasteiger partial charge in [0.2, 0.25) is 5.91 Å². The number of aromatic nitrogens is 1. The van der Waals surface area contributed by atoms with Crippen molar-refractivity contribution in [2.45, 2.75) is 45.1 Å². The van der Waals surface area contributed by atoms with Gasteiger partial charge in [0.25, 0.3) is 0 Å². The lowest BCUT2D eigenvalue weighted by atomic mass is 10.1. The van der Waals surface area contributed by atoms with Crippen LogP contribution < -0.4 is 5.73 Å². The predicted octanol–water partition coefficient (Wildman–Crippen LogP) is 1.72. The summed E-state index contributed by atoms with van der Waals surface area (Å²) in [5.41, 5.74) is 6.99. The van der Waals surface area contributed by atoms with Gasteiger partial charge in [0.1, 0.15) is 0 Å². The molecule has 1 aromatic heterocycles. The number of amides is 1. The number of nitrogens with zero attached hydrogens (tertiary/aromatic N) is 2. The summed E-state index contributed by atoms with van der Waals surface area (Å²) in [6, 6.07) is 0.170. The maximum atomic E-state index is 12.0. The van der Waals surface area contributed by atoms with Gasteiger partial charge in [-0.3, -0.25) is 4.79 Å². The Kier molecular flexibility index (Phi) is 4.72. The van der Waals surface area contributed by atoms with Crippen molar-refractivity contribution in [2.24, 2.45) is 5.73 Å². The molecule has 2 N–H and O–H groups in total. The Hall–Kier alpha value is -0.940. The number of hydrogen-bond donors (Lipinski definition) is 1. The normalized spacial score (nSPS) is 20.1. The minimum absolute atomic E-state index is 0.170. The van der Waals surface area contributed by atoms with E-state index in [9.17, 15) is 4.79 Å². The van der Waals surface area contributed by atoms with Crippen molar-refractivity contribution in [3.05, 3.63) is 16.1 Å². The molecule has 2 heterocycles. The van der Waals surface area contributed by atoms with Crippen LogP contribution in [0.3, 0.4) is 0 Å². The number of thiazole rings is 1. The highest BCUT2D eigenvalue weighted by Crippen LogP contribution is 2.13. The summed E-state index contributed by atoms with van der Waals surface area (Å²) in [6.07, 6.45) is 4.48. The summed E-state index contributed by atoms with van der Waals surface area (Å²) >= 11 is 1.67. The second kappa shape index (κ2) is 6.29. The molecular weight excluding hydrogens is 246 g/mol.